The summed E-state index contributed by atoms with van der Waals surface area (Å²) in [6, 6.07) is 0. The number of nitrogens with one attached hydrogen (secondary N) is 1. The highest BCUT2D eigenvalue weighted by molar-refractivity contribution is 7.83. The molecule has 0 amide bonds. The Kier molecular flexibility index (Phi) is 5.97. The van der Waals surface area contributed by atoms with E-state index in [0.717, 1.165) is 11.1 Å². The van der Waals surface area contributed by atoms with Gasteiger partial charge >= 0.3 is 0 Å². The van der Waals surface area contributed by atoms with Crippen LogP contribution in [-0.4, -0.2) is 5.71 Å². The van der Waals surface area contributed by atoms with Crippen molar-refractivity contribution in [2.24, 2.45) is 0 Å². The van der Waals surface area contributed by atoms with E-state index in [9.17, 15) is 0 Å². The predicted molar refractivity (Wildman–Crippen MR) is 68.2 cm³/mol. The van der Waals surface area contributed by atoms with E-state index in [1.54, 1.807) is 11.5 Å². The fourth-order valence-corrected chi connectivity index (χ4v) is 1.07. The van der Waals surface area contributed by atoms with E-state index >= 15 is 0 Å². The van der Waals surface area contributed by atoms with Gasteiger partial charge < -0.3 is 5.41 Å². The summed E-state index contributed by atoms with van der Waals surface area (Å²) in [6.07, 6.45) is 5.42. The Labute approximate surface area is 91.8 Å². The normalized spacial score (nSPS) is 11.6. The van der Waals surface area contributed by atoms with Gasteiger partial charge in [-0.05, 0) is 55.6 Å². The maximum Gasteiger partial charge on any atom is 0.0563 e. The quantitative estimate of drug-likeness (QED) is 0.397. The van der Waals surface area contributed by atoms with Gasteiger partial charge in [0.1, 0.15) is 0 Å². The summed E-state index contributed by atoms with van der Waals surface area (Å²) in [7, 11) is 0. The summed E-state index contributed by atoms with van der Waals surface area (Å²) in [5.41, 5.74) is 3.65. The molecule has 0 unspecified atom stereocenters. The third-order valence-corrected chi connectivity index (χ3v) is 1.98. The zero-order valence-corrected chi connectivity index (χ0v) is 9.86. The zero-order valence-electron chi connectivity index (χ0n) is 8.96. The smallest absolute Gasteiger partial charge is 0.0563 e. The highest BCUT2D eigenvalue weighted by Crippen LogP contribution is 2.11. The van der Waals surface area contributed by atoms with Gasteiger partial charge in [0.05, 0.1) is 5.71 Å². The summed E-state index contributed by atoms with van der Waals surface area (Å²) in [6.45, 7) is 9.53. The second-order valence-electron chi connectivity index (χ2n) is 3.22. The second kappa shape index (κ2) is 6.44. The zero-order chi connectivity index (χ0) is 11.1. The summed E-state index contributed by atoms with van der Waals surface area (Å²) < 4.78 is 0. The molecule has 1 nitrogen and oxygen atoms in total. The molecule has 1 N–H and O–H groups in total. The number of hydrogen-bond donors (Lipinski definition) is 2. The van der Waals surface area contributed by atoms with Gasteiger partial charge in [-0.3, -0.25) is 0 Å². The van der Waals surface area contributed by atoms with Crippen molar-refractivity contribution < 1.29 is 0 Å². The van der Waals surface area contributed by atoms with E-state index in [1.165, 1.54) is 5.57 Å². The minimum atomic E-state index is 0.455. The summed E-state index contributed by atoms with van der Waals surface area (Å²) in [5, 5.41) is 9.26. The van der Waals surface area contributed by atoms with Gasteiger partial charge in [-0.1, -0.05) is 12.2 Å². The van der Waals surface area contributed by atoms with Gasteiger partial charge in [-0.2, -0.15) is 12.6 Å². The lowest BCUT2D eigenvalue weighted by Crippen LogP contribution is -1.93. The van der Waals surface area contributed by atoms with Crippen LogP contribution in [0.15, 0.2) is 46.9 Å². The first kappa shape index (κ1) is 13.0. The van der Waals surface area contributed by atoms with Crippen molar-refractivity contribution in [2.45, 2.75) is 20.8 Å². The van der Waals surface area contributed by atoms with E-state index < -0.39 is 0 Å². The monoisotopic (exact) mass is 207 g/mol. The molecule has 76 valence electrons. The number of hydrogen-bond acceptors (Lipinski definition) is 2. The topological polar surface area (TPSA) is 23.9 Å². The summed E-state index contributed by atoms with van der Waals surface area (Å²) in [5.74, 6) is 0. The second-order valence-corrected chi connectivity index (χ2v) is 3.51. The standard InChI is InChI=1S/C12H17NS/c1-5-12(13)10(4)8-11(6-7-14)9(2)3/h5-8,13-14H,1H2,2-4H3/b7-6-,10-8+,13-12?. The van der Waals surface area contributed by atoms with Crippen LogP contribution in [-0.2, 0) is 0 Å². The Balaban J connectivity index is 5.02. The van der Waals surface area contributed by atoms with Crippen molar-refractivity contribution in [3.8, 4) is 0 Å². The maximum atomic E-state index is 7.56. The summed E-state index contributed by atoms with van der Waals surface area (Å²) in [4.78, 5) is 0. The Hall–Kier alpha value is -1.02. The predicted octanol–water partition coefficient (Wildman–Crippen LogP) is 3.92. The van der Waals surface area contributed by atoms with Crippen LogP contribution in [0.2, 0.25) is 0 Å². The third-order valence-electron chi connectivity index (χ3n) is 1.83. The van der Waals surface area contributed by atoms with E-state index in [1.807, 2.05) is 32.9 Å². The molecule has 0 atom stereocenters. The van der Waals surface area contributed by atoms with Crippen LogP contribution >= 0.6 is 12.6 Å². The largest absolute Gasteiger partial charge is 0.301 e. The molecular formula is C12H17NS. The fourth-order valence-electron chi connectivity index (χ4n) is 0.911. The molecular weight excluding hydrogens is 190 g/mol. The van der Waals surface area contributed by atoms with Crippen molar-refractivity contribution in [3.63, 3.8) is 0 Å². The SMILES string of the molecule is C=CC(=N)/C(C)=C/C(/C=C\S)=C(C)C. The lowest BCUT2D eigenvalue weighted by atomic mass is 10.1. The van der Waals surface area contributed by atoms with E-state index in [4.69, 9.17) is 5.41 Å². The molecule has 0 aliphatic rings. The van der Waals surface area contributed by atoms with E-state index in [2.05, 4.69) is 19.2 Å². The first-order chi connectivity index (χ1) is 6.52. The molecule has 0 aromatic rings. The Morgan fingerprint density at radius 1 is 1.29 bits per heavy atom. The van der Waals surface area contributed by atoms with Crippen LogP contribution in [0.25, 0.3) is 0 Å². The Bertz CT molecular complexity index is 315. The van der Waals surface area contributed by atoms with Gasteiger partial charge in [0, 0.05) is 0 Å². The van der Waals surface area contributed by atoms with Crippen molar-refractivity contribution in [1.82, 2.24) is 0 Å². The number of allylic oxidation sites excluding steroid dienone is 6. The number of thiol groups is 1. The molecule has 0 aliphatic heterocycles. The Morgan fingerprint density at radius 3 is 2.21 bits per heavy atom. The van der Waals surface area contributed by atoms with E-state index in [-0.39, 0.29) is 0 Å². The Morgan fingerprint density at radius 2 is 1.86 bits per heavy atom. The highest BCUT2D eigenvalue weighted by atomic mass is 32.1. The molecule has 14 heavy (non-hydrogen) atoms. The highest BCUT2D eigenvalue weighted by Gasteiger charge is 1.96. The van der Waals surface area contributed by atoms with Crippen LogP contribution in [0.4, 0.5) is 0 Å². The molecule has 0 bridgehead atoms. The minimum Gasteiger partial charge on any atom is -0.301 e. The van der Waals surface area contributed by atoms with Crippen LogP contribution in [0.3, 0.4) is 0 Å². The van der Waals surface area contributed by atoms with E-state index in [0.29, 0.717) is 5.71 Å². The molecule has 0 rings (SSSR count). The van der Waals surface area contributed by atoms with Gasteiger partial charge in [0.25, 0.3) is 0 Å². The average molecular weight is 207 g/mol. The van der Waals surface area contributed by atoms with Gasteiger partial charge in [-0.25, -0.2) is 0 Å². The third kappa shape index (κ3) is 4.28. The van der Waals surface area contributed by atoms with Gasteiger partial charge in [-0.15, -0.1) is 0 Å². The lowest BCUT2D eigenvalue weighted by Gasteiger charge is -2.01. The molecule has 0 radical (unpaired) electrons. The van der Waals surface area contributed by atoms with Gasteiger partial charge in [0.15, 0.2) is 0 Å². The van der Waals surface area contributed by atoms with Crippen molar-refractivity contribution in [1.29, 1.82) is 5.41 Å². The van der Waals surface area contributed by atoms with Crippen molar-refractivity contribution in [2.75, 3.05) is 0 Å². The first-order valence-corrected chi connectivity index (χ1v) is 4.92. The summed E-state index contributed by atoms with van der Waals surface area (Å²) >= 11 is 4.03. The number of rotatable bonds is 4. The molecule has 0 fully saturated rings. The average Bonchev–Trinajstić information content (AvgIpc) is 2.15. The molecule has 0 saturated heterocycles. The lowest BCUT2D eigenvalue weighted by molar-refractivity contribution is 1.33. The molecule has 0 aromatic heterocycles. The van der Waals surface area contributed by atoms with Crippen molar-refractivity contribution >= 4 is 18.3 Å². The van der Waals surface area contributed by atoms with Crippen LogP contribution < -0.4 is 0 Å². The van der Waals surface area contributed by atoms with Crippen LogP contribution in [0.1, 0.15) is 20.8 Å². The van der Waals surface area contributed by atoms with Crippen molar-refractivity contribution in [3.05, 3.63) is 46.9 Å². The van der Waals surface area contributed by atoms with Crippen LogP contribution in [0.5, 0.6) is 0 Å². The molecule has 0 aromatic carbocycles. The molecule has 0 aliphatic carbocycles. The van der Waals surface area contributed by atoms with Crippen LogP contribution in [0, 0.1) is 5.41 Å². The molecule has 0 saturated carbocycles. The van der Waals surface area contributed by atoms with Gasteiger partial charge in [0.2, 0.25) is 0 Å². The first-order valence-electron chi connectivity index (χ1n) is 4.40. The fraction of sp³-hybridized carbons (Fsp3) is 0.250. The molecule has 0 spiro atoms. The molecule has 2 heteroatoms. The minimum absolute atomic E-state index is 0.455. The molecule has 0 heterocycles. The maximum absolute atomic E-state index is 7.56.